The lowest BCUT2D eigenvalue weighted by molar-refractivity contribution is 1.19. The normalized spacial score (nSPS) is 13.1. The average Bonchev–Trinajstić information content (AvgIpc) is 3.48. The third-order valence-electron chi connectivity index (χ3n) is 5.71. The number of fused-ring (bicyclic) bond motifs is 8. The molecule has 8 aromatic rings. The van der Waals surface area contributed by atoms with Gasteiger partial charge in [-0.2, -0.15) is 0 Å². The quantitative estimate of drug-likeness (QED) is 0.332. The highest BCUT2D eigenvalue weighted by Crippen LogP contribution is 2.42. The zero-order chi connectivity index (χ0) is 19.0. The van der Waals surface area contributed by atoms with Gasteiger partial charge in [0.1, 0.15) is 20.0 Å². The Labute approximate surface area is 171 Å². The molecule has 7 aromatic heterocycles. The minimum Gasteiger partial charge on any atom is -0.268 e. The molecular formula is C20H6N4O2S3. The van der Waals surface area contributed by atoms with E-state index in [-0.39, 0.29) is 11.1 Å². The van der Waals surface area contributed by atoms with E-state index in [1.807, 2.05) is 35.0 Å². The van der Waals surface area contributed by atoms with Crippen molar-refractivity contribution < 1.29 is 0 Å². The van der Waals surface area contributed by atoms with Gasteiger partial charge in [0.05, 0.1) is 15.7 Å². The molecule has 9 heteroatoms. The minimum atomic E-state index is -0.0911. The number of imidazole rings is 2. The topological polar surface area (TPSA) is 68.7 Å². The summed E-state index contributed by atoms with van der Waals surface area (Å²) in [5.41, 5.74) is 2.77. The molecule has 1 aromatic carbocycles. The molecule has 8 rings (SSSR count). The Hall–Kier alpha value is -3.14. The smallest absolute Gasteiger partial charge is 0.268 e. The summed E-state index contributed by atoms with van der Waals surface area (Å²) >= 11 is 4.46. The fourth-order valence-electron chi connectivity index (χ4n) is 4.53. The van der Waals surface area contributed by atoms with Crippen LogP contribution in [0.2, 0.25) is 0 Å². The monoisotopic (exact) mass is 430 g/mol. The number of pyridine rings is 2. The summed E-state index contributed by atoms with van der Waals surface area (Å²) in [6.45, 7) is 0. The number of thiophene rings is 3. The van der Waals surface area contributed by atoms with Crippen LogP contribution in [-0.2, 0) is 0 Å². The summed E-state index contributed by atoms with van der Waals surface area (Å²) in [4.78, 5) is 37.9. The van der Waals surface area contributed by atoms with Crippen LogP contribution < -0.4 is 11.1 Å². The predicted molar refractivity (Wildman–Crippen MR) is 120 cm³/mol. The molecule has 0 amide bonds. The molecule has 0 aliphatic carbocycles. The lowest BCUT2D eigenvalue weighted by atomic mass is 10.0. The molecule has 136 valence electrons. The van der Waals surface area contributed by atoms with Gasteiger partial charge in [-0.15, -0.1) is 34.0 Å². The number of hydrogen-bond donors (Lipinski definition) is 0. The van der Waals surface area contributed by atoms with Gasteiger partial charge in [0.15, 0.2) is 5.65 Å². The highest BCUT2D eigenvalue weighted by Gasteiger charge is 2.25. The van der Waals surface area contributed by atoms with Gasteiger partial charge in [-0.3, -0.25) is 18.4 Å². The zero-order valence-corrected chi connectivity index (χ0v) is 16.7. The molecular weight excluding hydrogens is 424 g/mol. The average molecular weight is 430 g/mol. The Morgan fingerprint density at radius 3 is 2.07 bits per heavy atom. The van der Waals surface area contributed by atoms with E-state index in [2.05, 4.69) is 0 Å². The fraction of sp³-hybridized carbons (Fsp3) is 0. The summed E-state index contributed by atoms with van der Waals surface area (Å²) in [5, 5.41) is 7.08. The maximum Gasteiger partial charge on any atom is 0.274 e. The summed E-state index contributed by atoms with van der Waals surface area (Å²) in [7, 11) is 0. The van der Waals surface area contributed by atoms with Crippen LogP contribution in [0.25, 0.3) is 62.9 Å². The van der Waals surface area contributed by atoms with Crippen molar-refractivity contribution in [2.75, 3.05) is 0 Å². The molecule has 0 aliphatic heterocycles. The molecule has 6 nitrogen and oxygen atoms in total. The lowest BCUT2D eigenvalue weighted by Gasteiger charge is -2.04. The minimum absolute atomic E-state index is 0.0823. The standard InChI is InChI=1S/C20H6N4O2S3/c25-19-8-2-1-7-11-12(8)13(16-22-18-10(24(16)19)4-6-28-18)29-14(11)20(26)23-9-3-5-27-17(9)21-15(7)23/h1-6H. The number of aromatic nitrogens is 4. The van der Waals surface area contributed by atoms with Crippen LogP contribution >= 0.6 is 34.0 Å². The lowest BCUT2D eigenvalue weighted by Crippen LogP contribution is -2.13. The van der Waals surface area contributed by atoms with Crippen LogP contribution in [-0.4, -0.2) is 18.8 Å². The maximum atomic E-state index is 13.5. The molecule has 0 fully saturated rings. The van der Waals surface area contributed by atoms with E-state index in [0.717, 1.165) is 41.6 Å². The highest BCUT2D eigenvalue weighted by atomic mass is 32.1. The molecule has 0 aliphatic rings. The predicted octanol–water partition coefficient (Wildman–Crippen LogP) is 4.53. The summed E-state index contributed by atoms with van der Waals surface area (Å²) < 4.78 is 4.92. The first kappa shape index (κ1) is 14.8. The van der Waals surface area contributed by atoms with Crippen molar-refractivity contribution in [3.05, 3.63) is 55.7 Å². The number of hydrogen-bond acceptors (Lipinski definition) is 7. The molecule has 7 heterocycles. The second-order valence-electron chi connectivity index (χ2n) is 7.04. The van der Waals surface area contributed by atoms with Crippen LogP contribution in [0.15, 0.2) is 44.6 Å². The molecule has 0 unspecified atom stereocenters. The number of benzene rings is 1. The van der Waals surface area contributed by atoms with E-state index in [0.29, 0.717) is 21.4 Å². The van der Waals surface area contributed by atoms with Crippen LogP contribution in [0.5, 0.6) is 0 Å². The summed E-state index contributed by atoms with van der Waals surface area (Å²) in [5.74, 6) is 0. The van der Waals surface area contributed by atoms with Gasteiger partial charge in [0.25, 0.3) is 11.1 Å². The van der Waals surface area contributed by atoms with Crippen molar-refractivity contribution in [1.29, 1.82) is 0 Å². The van der Waals surface area contributed by atoms with Gasteiger partial charge in [-0.05, 0) is 35.0 Å². The Kier molecular flexibility index (Phi) is 2.31. The van der Waals surface area contributed by atoms with E-state index < -0.39 is 0 Å². The zero-order valence-electron chi connectivity index (χ0n) is 14.3. The van der Waals surface area contributed by atoms with Crippen molar-refractivity contribution in [1.82, 2.24) is 18.8 Å². The Morgan fingerprint density at radius 2 is 1.31 bits per heavy atom. The molecule has 0 bridgehead atoms. The first-order chi connectivity index (χ1) is 14.2. The van der Waals surface area contributed by atoms with Gasteiger partial charge in [0, 0.05) is 21.5 Å². The van der Waals surface area contributed by atoms with Crippen LogP contribution in [0.3, 0.4) is 0 Å². The van der Waals surface area contributed by atoms with E-state index in [4.69, 9.17) is 9.97 Å². The van der Waals surface area contributed by atoms with Gasteiger partial charge >= 0.3 is 0 Å². The van der Waals surface area contributed by atoms with Crippen molar-refractivity contribution in [2.24, 2.45) is 0 Å². The Bertz CT molecular complexity index is 2070. The van der Waals surface area contributed by atoms with Crippen molar-refractivity contribution in [3.8, 4) is 0 Å². The second kappa shape index (κ2) is 4.54. The van der Waals surface area contributed by atoms with E-state index >= 15 is 0 Å². The van der Waals surface area contributed by atoms with Gasteiger partial charge in [0.2, 0.25) is 0 Å². The Morgan fingerprint density at radius 1 is 0.690 bits per heavy atom. The van der Waals surface area contributed by atoms with Crippen molar-refractivity contribution in [2.45, 2.75) is 0 Å². The molecule has 0 saturated carbocycles. The third-order valence-corrected chi connectivity index (χ3v) is 8.47. The first-order valence-electron chi connectivity index (χ1n) is 8.84. The first-order valence-corrected chi connectivity index (χ1v) is 11.4. The van der Waals surface area contributed by atoms with Crippen LogP contribution in [0, 0.1) is 0 Å². The van der Waals surface area contributed by atoms with Gasteiger partial charge in [-0.25, -0.2) is 9.97 Å². The van der Waals surface area contributed by atoms with Gasteiger partial charge < -0.3 is 0 Å². The highest BCUT2D eigenvalue weighted by molar-refractivity contribution is 7.27. The molecule has 0 N–H and O–H groups in total. The Balaban J connectivity index is 1.79. The summed E-state index contributed by atoms with van der Waals surface area (Å²) in [6, 6.07) is 7.65. The second-order valence-corrected chi connectivity index (χ2v) is 9.85. The fourth-order valence-corrected chi connectivity index (χ4v) is 7.26. The van der Waals surface area contributed by atoms with Crippen molar-refractivity contribution >= 4 is 96.9 Å². The largest absolute Gasteiger partial charge is 0.274 e. The molecule has 0 spiro atoms. The number of rotatable bonds is 0. The third kappa shape index (κ3) is 1.47. The van der Waals surface area contributed by atoms with Crippen LogP contribution in [0.4, 0.5) is 0 Å². The van der Waals surface area contributed by atoms with Crippen molar-refractivity contribution in [3.63, 3.8) is 0 Å². The number of nitrogens with zero attached hydrogens (tertiary/aromatic N) is 4. The molecule has 0 radical (unpaired) electrons. The SMILES string of the molecule is O=c1c2sc3c4c(ccc(c24)c2nc4sccc4n12)c(=O)n1c2ccsc2nc31. The van der Waals surface area contributed by atoms with E-state index in [1.165, 1.54) is 34.0 Å². The maximum absolute atomic E-state index is 13.5. The van der Waals surface area contributed by atoms with Gasteiger partial charge in [-0.1, -0.05) is 0 Å². The molecule has 0 saturated heterocycles. The van der Waals surface area contributed by atoms with E-state index in [1.54, 1.807) is 8.80 Å². The van der Waals surface area contributed by atoms with E-state index in [9.17, 15) is 9.59 Å². The molecule has 0 atom stereocenters. The van der Waals surface area contributed by atoms with Crippen LogP contribution in [0.1, 0.15) is 0 Å². The summed E-state index contributed by atoms with van der Waals surface area (Å²) in [6.07, 6.45) is 0. The molecule has 29 heavy (non-hydrogen) atoms.